The van der Waals surface area contributed by atoms with Gasteiger partial charge in [0.2, 0.25) is 11.8 Å². The van der Waals surface area contributed by atoms with Crippen molar-refractivity contribution in [1.29, 1.82) is 0 Å². The molecule has 0 atom stereocenters. The number of aromatic nitrogens is 3. The summed E-state index contributed by atoms with van der Waals surface area (Å²) in [4.78, 5) is 16.2. The van der Waals surface area contributed by atoms with Crippen LogP contribution in [-0.4, -0.2) is 26.8 Å². The predicted molar refractivity (Wildman–Crippen MR) is 94.7 cm³/mol. The third kappa shape index (κ3) is 5.00. The highest BCUT2D eigenvalue weighted by Gasteiger charge is 2.12. The molecule has 0 spiro atoms. The first-order valence-electron chi connectivity index (χ1n) is 7.10. The van der Waals surface area contributed by atoms with Crippen molar-refractivity contribution >= 4 is 46.3 Å². The fourth-order valence-corrected chi connectivity index (χ4v) is 3.28. The molecule has 0 saturated heterocycles. The van der Waals surface area contributed by atoms with Crippen molar-refractivity contribution < 1.29 is 13.6 Å². The summed E-state index contributed by atoms with van der Waals surface area (Å²) < 4.78 is 18.6. The summed E-state index contributed by atoms with van der Waals surface area (Å²) in [5, 5.41) is 13.6. The van der Waals surface area contributed by atoms with E-state index in [0.717, 1.165) is 22.5 Å². The van der Waals surface area contributed by atoms with Crippen LogP contribution >= 0.6 is 34.7 Å². The minimum absolute atomic E-state index is 0.0516. The Labute approximate surface area is 155 Å². The molecule has 0 aliphatic rings. The number of anilines is 1. The number of hydrogen-bond donors (Lipinski definition) is 1. The van der Waals surface area contributed by atoms with Gasteiger partial charge < -0.3 is 9.73 Å². The molecule has 0 aliphatic heterocycles. The second-order valence-electron chi connectivity index (χ2n) is 4.96. The molecule has 130 valence electrons. The molecule has 3 aromatic rings. The number of aryl methyl sites for hydroxylation is 1. The first-order valence-corrected chi connectivity index (χ1v) is 9.35. The molecule has 2 heterocycles. The van der Waals surface area contributed by atoms with Crippen LogP contribution in [0.5, 0.6) is 0 Å². The highest BCUT2D eigenvalue weighted by molar-refractivity contribution is 7.99. The molecule has 10 heteroatoms. The van der Waals surface area contributed by atoms with E-state index in [1.165, 1.54) is 18.2 Å². The number of hydrogen-bond acceptors (Lipinski definition) is 7. The molecule has 1 amide bonds. The van der Waals surface area contributed by atoms with Crippen molar-refractivity contribution in [2.45, 2.75) is 18.6 Å². The van der Waals surface area contributed by atoms with E-state index >= 15 is 0 Å². The van der Waals surface area contributed by atoms with Crippen molar-refractivity contribution in [2.24, 2.45) is 0 Å². The second-order valence-corrected chi connectivity index (χ2v) is 7.36. The van der Waals surface area contributed by atoms with Crippen LogP contribution in [0.4, 0.5) is 10.1 Å². The molecule has 0 unspecified atom stereocenters. The molecule has 0 fully saturated rings. The van der Waals surface area contributed by atoms with Crippen molar-refractivity contribution in [3.8, 4) is 0 Å². The Bertz CT molecular complexity index is 899. The molecule has 0 aliphatic carbocycles. The van der Waals surface area contributed by atoms with Crippen LogP contribution in [-0.2, 0) is 11.2 Å². The van der Waals surface area contributed by atoms with Gasteiger partial charge in [-0.3, -0.25) is 4.79 Å². The van der Waals surface area contributed by atoms with Crippen molar-refractivity contribution in [3.05, 3.63) is 51.0 Å². The topological polar surface area (TPSA) is 80.9 Å². The summed E-state index contributed by atoms with van der Waals surface area (Å²) in [6.07, 6.45) is 0.457. The van der Waals surface area contributed by atoms with Crippen molar-refractivity contribution in [1.82, 2.24) is 15.2 Å². The van der Waals surface area contributed by atoms with E-state index in [0.29, 0.717) is 23.2 Å². The molecule has 1 aromatic carbocycles. The second kappa shape index (κ2) is 7.94. The van der Waals surface area contributed by atoms with Crippen LogP contribution in [0.1, 0.15) is 16.6 Å². The van der Waals surface area contributed by atoms with Gasteiger partial charge in [0.1, 0.15) is 5.82 Å². The van der Waals surface area contributed by atoms with Gasteiger partial charge in [-0.2, -0.15) is 0 Å². The quantitative estimate of drug-likeness (QED) is 0.633. The summed E-state index contributed by atoms with van der Waals surface area (Å²) in [6.45, 7) is 1.93. The lowest BCUT2D eigenvalue weighted by Crippen LogP contribution is -2.14. The number of carbonyl (C=O) groups excluding carboxylic acids is 1. The van der Waals surface area contributed by atoms with Gasteiger partial charge in [-0.15, -0.1) is 21.5 Å². The SMILES string of the molecule is Cc1nc(Cc2nnc(SCC(=O)Nc3ccc(F)c(Cl)c3)o2)cs1. The van der Waals surface area contributed by atoms with E-state index in [9.17, 15) is 9.18 Å². The minimum Gasteiger partial charge on any atom is -0.416 e. The van der Waals surface area contributed by atoms with Crippen LogP contribution in [0, 0.1) is 12.7 Å². The van der Waals surface area contributed by atoms with Gasteiger partial charge in [0.25, 0.3) is 5.22 Å². The Morgan fingerprint density at radius 2 is 2.28 bits per heavy atom. The van der Waals surface area contributed by atoms with Crippen molar-refractivity contribution in [2.75, 3.05) is 11.1 Å². The Kier molecular flexibility index (Phi) is 5.67. The molecule has 6 nitrogen and oxygen atoms in total. The number of benzene rings is 1. The summed E-state index contributed by atoms with van der Waals surface area (Å²) in [5.41, 5.74) is 1.29. The highest BCUT2D eigenvalue weighted by atomic mass is 35.5. The van der Waals surface area contributed by atoms with Gasteiger partial charge in [-0.05, 0) is 25.1 Å². The number of halogens is 2. The Morgan fingerprint density at radius 1 is 1.44 bits per heavy atom. The van der Waals surface area contributed by atoms with Crippen LogP contribution in [0.2, 0.25) is 5.02 Å². The van der Waals surface area contributed by atoms with Gasteiger partial charge in [0, 0.05) is 11.1 Å². The Morgan fingerprint density at radius 3 is 3.00 bits per heavy atom. The maximum Gasteiger partial charge on any atom is 0.277 e. The molecule has 2 aromatic heterocycles. The third-order valence-electron chi connectivity index (χ3n) is 2.98. The molecular weight excluding hydrogens is 387 g/mol. The average Bonchev–Trinajstić information content (AvgIpc) is 3.18. The van der Waals surface area contributed by atoms with E-state index in [4.69, 9.17) is 16.0 Å². The summed E-state index contributed by atoms with van der Waals surface area (Å²) in [5.74, 6) is -0.310. The molecule has 0 radical (unpaired) electrons. The molecular formula is C15H12ClFN4O2S2. The van der Waals surface area contributed by atoms with Crippen molar-refractivity contribution in [3.63, 3.8) is 0 Å². The molecule has 1 N–H and O–H groups in total. The zero-order valence-corrected chi connectivity index (χ0v) is 15.3. The number of rotatable bonds is 6. The van der Waals surface area contributed by atoms with Gasteiger partial charge in [-0.25, -0.2) is 9.37 Å². The number of amides is 1. The lowest BCUT2D eigenvalue weighted by Gasteiger charge is -2.04. The first kappa shape index (κ1) is 17.8. The fraction of sp³-hybridized carbons (Fsp3) is 0.200. The zero-order valence-electron chi connectivity index (χ0n) is 13.0. The smallest absolute Gasteiger partial charge is 0.277 e. The normalized spacial score (nSPS) is 10.8. The van der Waals surface area contributed by atoms with Crippen LogP contribution in [0.15, 0.2) is 33.2 Å². The maximum atomic E-state index is 13.1. The molecule has 0 saturated carbocycles. The van der Waals surface area contributed by atoms with E-state index < -0.39 is 5.82 Å². The standard InChI is InChI=1S/C15H12ClFN4O2S2/c1-8-18-10(6-24-8)5-14-20-21-15(23-14)25-7-13(22)19-9-2-3-12(17)11(16)4-9/h2-4,6H,5,7H2,1H3,(H,19,22). The van der Waals surface area contributed by atoms with Gasteiger partial charge >= 0.3 is 0 Å². The average molecular weight is 399 g/mol. The molecule has 25 heavy (non-hydrogen) atoms. The largest absolute Gasteiger partial charge is 0.416 e. The van der Waals surface area contributed by atoms with Gasteiger partial charge in [0.05, 0.1) is 27.9 Å². The Hall–Kier alpha value is -1.97. The highest BCUT2D eigenvalue weighted by Crippen LogP contribution is 2.21. The summed E-state index contributed by atoms with van der Waals surface area (Å²) >= 11 is 8.34. The number of nitrogens with zero attached hydrogens (tertiary/aromatic N) is 3. The van der Waals surface area contributed by atoms with Crippen LogP contribution in [0.3, 0.4) is 0 Å². The number of thiazole rings is 1. The molecule has 3 rings (SSSR count). The number of carbonyl (C=O) groups is 1. The fourth-order valence-electron chi connectivity index (χ4n) is 1.91. The first-order chi connectivity index (χ1) is 12.0. The monoisotopic (exact) mass is 398 g/mol. The van der Waals surface area contributed by atoms with Gasteiger partial charge in [-0.1, -0.05) is 23.4 Å². The van der Waals surface area contributed by atoms with Gasteiger partial charge in [0.15, 0.2) is 0 Å². The number of thioether (sulfide) groups is 1. The van der Waals surface area contributed by atoms with E-state index in [-0.39, 0.29) is 16.7 Å². The van der Waals surface area contributed by atoms with E-state index in [1.807, 2.05) is 12.3 Å². The lowest BCUT2D eigenvalue weighted by molar-refractivity contribution is -0.113. The lowest BCUT2D eigenvalue weighted by atomic mass is 10.3. The Balaban J connectivity index is 1.51. The summed E-state index contributed by atoms with van der Waals surface area (Å²) in [6, 6.07) is 3.97. The van der Waals surface area contributed by atoms with E-state index in [1.54, 1.807) is 11.3 Å². The predicted octanol–water partition coefficient (Wildman–Crippen LogP) is 3.95. The summed E-state index contributed by atoms with van der Waals surface area (Å²) in [7, 11) is 0. The van der Waals surface area contributed by atoms with Crippen LogP contribution in [0.25, 0.3) is 0 Å². The maximum absolute atomic E-state index is 13.1. The van der Waals surface area contributed by atoms with E-state index in [2.05, 4.69) is 20.5 Å². The van der Waals surface area contributed by atoms with Crippen LogP contribution < -0.4 is 5.32 Å². The number of nitrogens with one attached hydrogen (secondary N) is 1. The minimum atomic E-state index is -0.539. The third-order valence-corrected chi connectivity index (χ3v) is 4.91. The zero-order chi connectivity index (χ0) is 17.8. The molecule has 0 bridgehead atoms.